The molecule has 1 aromatic carbocycles. The van der Waals surface area contributed by atoms with E-state index in [-0.39, 0.29) is 13.1 Å². The van der Waals surface area contributed by atoms with E-state index in [1.54, 1.807) is 36.7 Å². The number of carbonyl (C=O) groups is 2. The number of aromatic amines is 1. The molecule has 1 unspecified atom stereocenters. The number of rotatable bonds is 6. The summed E-state index contributed by atoms with van der Waals surface area (Å²) in [4.78, 5) is 29.7. The van der Waals surface area contributed by atoms with Crippen molar-refractivity contribution in [2.75, 3.05) is 6.54 Å². The lowest BCUT2D eigenvalue weighted by Gasteiger charge is -2.14. The van der Waals surface area contributed by atoms with Crippen LogP contribution < -0.4 is 10.6 Å². The van der Waals surface area contributed by atoms with Crippen LogP contribution in [0.3, 0.4) is 0 Å². The predicted molar refractivity (Wildman–Crippen MR) is 75.6 cm³/mol. The molecule has 0 aliphatic heterocycles. The van der Waals surface area contributed by atoms with Gasteiger partial charge in [0.2, 0.25) is 0 Å². The zero-order valence-corrected chi connectivity index (χ0v) is 11.2. The van der Waals surface area contributed by atoms with Crippen LogP contribution in [-0.2, 0) is 11.3 Å². The summed E-state index contributed by atoms with van der Waals surface area (Å²) in [6.07, 6.45) is 3.25. The molecule has 1 aromatic heterocycles. The number of imidazole rings is 1. The van der Waals surface area contributed by atoms with Crippen LogP contribution in [0.1, 0.15) is 17.3 Å². The average Bonchev–Trinajstić information content (AvgIpc) is 2.99. The average molecular weight is 288 g/mol. The largest absolute Gasteiger partial charge is 0.481 e. The first-order chi connectivity index (χ1) is 10.2. The summed E-state index contributed by atoms with van der Waals surface area (Å²) in [6, 6.07) is 8.35. The van der Waals surface area contributed by atoms with Gasteiger partial charge in [-0.3, -0.25) is 4.79 Å². The fourth-order valence-corrected chi connectivity index (χ4v) is 1.85. The van der Waals surface area contributed by atoms with E-state index < -0.39 is 17.9 Å². The minimum atomic E-state index is -0.979. The van der Waals surface area contributed by atoms with Crippen LogP contribution in [0.15, 0.2) is 42.7 Å². The minimum absolute atomic E-state index is 0.0172. The summed E-state index contributed by atoms with van der Waals surface area (Å²) in [5.74, 6) is -1.13. The minimum Gasteiger partial charge on any atom is -0.481 e. The Kier molecular flexibility index (Phi) is 4.92. The molecule has 0 radical (unpaired) electrons. The van der Waals surface area contributed by atoms with Gasteiger partial charge in [-0.2, -0.15) is 0 Å². The third-order valence-corrected chi connectivity index (χ3v) is 2.94. The van der Waals surface area contributed by atoms with Crippen LogP contribution in [0.25, 0.3) is 0 Å². The fraction of sp³-hybridized carbons (Fsp3) is 0.214. The monoisotopic (exact) mass is 288 g/mol. The Bertz CT molecular complexity index is 584. The second kappa shape index (κ2) is 7.09. The lowest BCUT2D eigenvalue weighted by molar-refractivity contribution is -0.138. The molecule has 1 heterocycles. The Labute approximate surface area is 121 Å². The topological polar surface area (TPSA) is 107 Å². The molecule has 2 aromatic rings. The molecule has 4 N–H and O–H groups in total. The highest BCUT2D eigenvalue weighted by Crippen LogP contribution is 2.14. The van der Waals surface area contributed by atoms with Gasteiger partial charge in [-0.25, -0.2) is 9.78 Å². The maximum Gasteiger partial charge on any atom is 0.315 e. The van der Waals surface area contributed by atoms with E-state index in [1.165, 1.54) is 0 Å². The van der Waals surface area contributed by atoms with Crippen molar-refractivity contribution in [3.05, 3.63) is 54.1 Å². The van der Waals surface area contributed by atoms with E-state index in [1.807, 2.05) is 6.07 Å². The van der Waals surface area contributed by atoms with Gasteiger partial charge in [0, 0.05) is 18.9 Å². The molecule has 110 valence electrons. The molecule has 7 heteroatoms. The summed E-state index contributed by atoms with van der Waals surface area (Å²) in [5.41, 5.74) is 0.649. The zero-order chi connectivity index (χ0) is 15.1. The number of benzene rings is 1. The van der Waals surface area contributed by atoms with E-state index >= 15 is 0 Å². The molecule has 0 spiro atoms. The Hall–Kier alpha value is -2.83. The summed E-state index contributed by atoms with van der Waals surface area (Å²) in [5, 5.41) is 14.4. The van der Waals surface area contributed by atoms with E-state index in [0.29, 0.717) is 11.4 Å². The number of carboxylic acids is 1. The summed E-state index contributed by atoms with van der Waals surface area (Å²) < 4.78 is 0. The summed E-state index contributed by atoms with van der Waals surface area (Å²) in [6.45, 7) is 0.269. The highest BCUT2D eigenvalue weighted by Gasteiger charge is 2.20. The van der Waals surface area contributed by atoms with Gasteiger partial charge in [-0.15, -0.1) is 0 Å². The number of carbonyl (C=O) groups excluding carboxylic acids is 1. The Morgan fingerprint density at radius 3 is 2.62 bits per heavy atom. The molecular weight excluding hydrogens is 272 g/mol. The van der Waals surface area contributed by atoms with E-state index in [4.69, 9.17) is 0 Å². The fourth-order valence-electron chi connectivity index (χ4n) is 1.85. The zero-order valence-electron chi connectivity index (χ0n) is 11.2. The van der Waals surface area contributed by atoms with Crippen molar-refractivity contribution in [2.45, 2.75) is 12.5 Å². The number of hydrogen-bond donors (Lipinski definition) is 4. The molecule has 2 rings (SSSR count). The molecule has 7 nitrogen and oxygen atoms in total. The molecule has 0 saturated carbocycles. The van der Waals surface area contributed by atoms with Crippen molar-refractivity contribution in [3.8, 4) is 0 Å². The number of H-pyrrole nitrogens is 1. The number of nitrogens with one attached hydrogen (secondary N) is 3. The highest BCUT2D eigenvalue weighted by molar-refractivity contribution is 5.79. The Morgan fingerprint density at radius 1 is 1.24 bits per heavy atom. The Morgan fingerprint density at radius 2 is 2.00 bits per heavy atom. The molecule has 0 fully saturated rings. The molecule has 0 aliphatic rings. The van der Waals surface area contributed by atoms with Crippen molar-refractivity contribution in [2.24, 2.45) is 0 Å². The number of nitrogens with zero attached hydrogens (tertiary/aromatic N) is 1. The van der Waals surface area contributed by atoms with E-state index in [9.17, 15) is 14.7 Å². The molecule has 0 aliphatic carbocycles. The van der Waals surface area contributed by atoms with Crippen LogP contribution in [0.5, 0.6) is 0 Å². The van der Waals surface area contributed by atoms with Crippen molar-refractivity contribution < 1.29 is 14.7 Å². The predicted octanol–water partition coefficient (Wildman–Crippen LogP) is 1.08. The van der Waals surface area contributed by atoms with E-state index in [2.05, 4.69) is 20.6 Å². The number of amides is 2. The van der Waals surface area contributed by atoms with Crippen LogP contribution in [-0.4, -0.2) is 33.6 Å². The number of aliphatic carboxylic acids is 1. The number of carboxylic acid groups (broad SMARTS) is 1. The summed E-state index contributed by atoms with van der Waals surface area (Å²) in [7, 11) is 0. The summed E-state index contributed by atoms with van der Waals surface area (Å²) >= 11 is 0. The number of aromatic nitrogens is 2. The van der Waals surface area contributed by atoms with Gasteiger partial charge in [-0.1, -0.05) is 30.3 Å². The van der Waals surface area contributed by atoms with Crippen molar-refractivity contribution >= 4 is 12.0 Å². The van der Waals surface area contributed by atoms with E-state index in [0.717, 1.165) is 0 Å². The van der Waals surface area contributed by atoms with Crippen molar-refractivity contribution in [1.29, 1.82) is 0 Å². The second-order valence-corrected chi connectivity index (χ2v) is 4.40. The van der Waals surface area contributed by atoms with Crippen LogP contribution in [0, 0.1) is 0 Å². The van der Waals surface area contributed by atoms with Gasteiger partial charge in [0.25, 0.3) is 0 Å². The first-order valence-corrected chi connectivity index (χ1v) is 6.44. The third-order valence-electron chi connectivity index (χ3n) is 2.94. The van der Waals surface area contributed by atoms with Crippen LogP contribution >= 0.6 is 0 Å². The first-order valence-electron chi connectivity index (χ1n) is 6.44. The molecule has 1 atom stereocenters. The smallest absolute Gasteiger partial charge is 0.315 e. The number of urea groups is 1. The lowest BCUT2D eigenvalue weighted by atomic mass is 9.99. The van der Waals surface area contributed by atoms with Gasteiger partial charge >= 0.3 is 12.0 Å². The highest BCUT2D eigenvalue weighted by atomic mass is 16.4. The van der Waals surface area contributed by atoms with Gasteiger partial charge in [0.1, 0.15) is 5.82 Å². The standard InChI is InChI=1S/C14H16N4O3/c19-13(20)11(10-4-2-1-3-5-10)8-17-14(21)18-9-12-15-6-7-16-12/h1-7,11H,8-9H2,(H,15,16)(H,19,20)(H2,17,18,21). The van der Waals surface area contributed by atoms with Gasteiger partial charge in [0.05, 0.1) is 12.5 Å². The van der Waals surface area contributed by atoms with Gasteiger partial charge < -0.3 is 20.7 Å². The normalized spacial score (nSPS) is 11.6. The number of hydrogen-bond acceptors (Lipinski definition) is 3. The van der Waals surface area contributed by atoms with Crippen molar-refractivity contribution in [1.82, 2.24) is 20.6 Å². The first kappa shape index (κ1) is 14.6. The quantitative estimate of drug-likeness (QED) is 0.638. The lowest BCUT2D eigenvalue weighted by Crippen LogP contribution is -2.39. The molecular formula is C14H16N4O3. The molecule has 0 bridgehead atoms. The Balaban J connectivity index is 1.84. The SMILES string of the molecule is O=C(NCc1ncc[nH]1)NCC(C(=O)O)c1ccccc1. The maximum atomic E-state index is 11.6. The van der Waals surface area contributed by atoms with Gasteiger partial charge in [0.15, 0.2) is 0 Å². The molecule has 2 amide bonds. The van der Waals surface area contributed by atoms with Gasteiger partial charge in [-0.05, 0) is 5.56 Å². The van der Waals surface area contributed by atoms with Crippen LogP contribution in [0.2, 0.25) is 0 Å². The van der Waals surface area contributed by atoms with Crippen LogP contribution in [0.4, 0.5) is 4.79 Å². The maximum absolute atomic E-state index is 11.6. The molecule has 21 heavy (non-hydrogen) atoms. The second-order valence-electron chi connectivity index (χ2n) is 4.40. The van der Waals surface area contributed by atoms with Crippen molar-refractivity contribution in [3.63, 3.8) is 0 Å². The third kappa shape index (κ3) is 4.34. The molecule has 0 saturated heterocycles.